The van der Waals surface area contributed by atoms with Gasteiger partial charge >= 0.3 is 7.12 Å². The van der Waals surface area contributed by atoms with Gasteiger partial charge in [-0.05, 0) is 17.0 Å². The number of halogens is 1. The second-order valence-electron chi connectivity index (χ2n) is 4.32. The van der Waals surface area contributed by atoms with Gasteiger partial charge in [0.25, 0.3) is 0 Å². The first-order valence-electron chi connectivity index (χ1n) is 4.49. The third-order valence-electron chi connectivity index (χ3n) is 2.12. The van der Waals surface area contributed by atoms with E-state index in [2.05, 4.69) is 0 Å². The molecular formula is C10H14BClO2. The summed E-state index contributed by atoms with van der Waals surface area (Å²) in [5, 5.41) is 18.8. The van der Waals surface area contributed by atoms with Gasteiger partial charge in [0.15, 0.2) is 0 Å². The Morgan fingerprint density at radius 3 is 2.14 bits per heavy atom. The number of benzene rings is 1. The van der Waals surface area contributed by atoms with Gasteiger partial charge in [-0.2, -0.15) is 0 Å². The fourth-order valence-corrected chi connectivity index (χ4v) is 1.73. The minimum atomic E-state index is -1.52. The monoisotopic (exact) mass is 212 g/mol. The maximum Gasteiger partial charge on any atom is 0.490 e. The van der Waals surface area contributed by atoms with Crippen molar-refractivity contribution in [2.75, 3.05) is 0 Å². The van der Waals surface area contributed by atoms with E-state index in [1.54, 1.807) is 6.07 Å². The summed E-state index contributed by atoms with van der Waals surface area (Å²) in [7, 11) is -1.52. The standard InChI is InChI=1S/C10H14BClO2/c1-10(2,3)7-5-4-6-8(12)9(7)11(13)14/h4-6,13-14H,1-3H3. The first-order chi connectivity index (χ1) is 6.34. The lowest BCUT2D eigenvalue weighted by Gasteiger charge is -2.23. The highest BCUT2D eigenvalue weighted by atomic mass is 35.5. The van der Waals surface area contributed by atoms with Crippen LogP contribution in [-0.2, 0) is 5.41 Å². The van der Waals surface area contributed by atoms with Crippen LogP contribution < -0.4 is 5.46 Å². The van der Waals surface area contributed by atoms with E-state index in [1.807, 2.05) is 32.9 Å². The van der Waals surface area contributed by atoms with Gasteiger partial charge in [0.2, 0.25) is 0 Å². The van der Waals surface area contributed by atoms with Crippen LogP contribution in [0, 0.1) is 0 Å². The molecule has 0 aliphatic heterocycles. The van der Waals surface area contributed by atoms with E-state index >= 15 is 0 Å². The summed E-state index contributed by atoms with van der Waals surface area (Å²) in [6, 6.07) is 5.33. The first-order valence-corrected chi connectivity index (χ1v) is 4.87. The number of hydrogen-bond donors (Lipinski definition) is 2. The predicted octanol–water partition coefficient (Wildman–Crippen LogP) is 1.32. The van der Waals surface area contributed by atoms with Crippen LogP contribution in [0.3, 0.4) is 0 Å². The molecule has 1 aromatic rings. The van der Waals surface area contributed by atoms with Gasteiger partial charge in [-0.1, -0.05) is 44.5 Å². The highest BCUT2D eigenvalue weighted by Crippen LogP contribution is 2.23. The van der Waals surface area contributed by atoms with E-state index in [1.165, 1.54) is 0 Å². The third kappa shape index (κ3) is 2.29. The lowest BCUT2D eigenvalue weighted by molar-refractivity contribution is 0.424. The number of rotatable bonds is 1. The van der Waals surface area contributed by atoms with Gasteiger partial charge in [0.1, 0.15) is 0 Å². The molecule has 0 amide bonds. The lowest BCUT2D eigenvalue weighted by Crippen LogP contribution is -2.37. The van der Waals surface area contributed by atoms with Crippen LogP contribution in [0.25, 0.3) is 0 Å². The Bertz CT molecular complexity index is 331. The molecule has 0 saturated carbocycles. The fourth-order valence-electron chi connectivity index (χ4n) is 1.45. The minimum Gasteiger partial charge on any atom is -0.423 e. The zero-order chi connectivity index (χ0) is 10.9. The van der Waals surface area contributed by atoms with E-state index in [4.69, 9.17) is 11.6 Å². The molecule has 0 heterocycles. The first kappa shape index (κ1) is 11.6. The summed E-state index contributed by atoms with van der Waals surface area (Å²) in [5.74, 6) is 0. The highest BCUT2D eigenvalue weighted by Gasteiger charge is 2.25. The maximum atomic E-state index is 9.22. The van der Waals surface area contributed by atoms with Crippen LogP contribution in [0.15, 0.2) is 18.2 Å². The van der Waals surface area contributed by atoms with Crippen molar-refractivity contribution in [3.8, 4) is 0 Å². The Labute approximate surface area is 89.7 Å². The molecule has 0 fully saturated rings. The average Bonchev–Trinajstić information content (AvgIpc) is 2.01. The molecule has 76 valence electrons. The smallest absolute Gasteiger partial charge is 0.423 e. The van der Waals surface area contributed by atoms with Gasteiger partial charge in [0.05, 0.1) is 0 Å². The van der Waals surface area contributed by atoms with Crippen LogP contribution in [0.5, 0.6) is 0 Å². The van der Waals surface area contributed by atoms with E-state index < -0.39 is 7.12 Å². The van der Waals surface area contributed by atoms with E-state index in [0.717, 1.165) is 5.56 Å². The Morgan fingerprint density at radius 1 is 1.21 bits per heavy atom. The van der Waals surface area contributed by atoms with Crippen molar-refractivity contribution < 1.29 is 10.0 Å². The molecule has 0 unspecified atom stereocenters. The fraction of sp³-hybridized carbons (Fsp3) is 0.400. The van der Waals surface area contributed by atoms with Crippen molar-refractivity contribution in [1.82, 2.24) is 0 Å². The van der Waals surface area contributed by atoms with Crippen LogP contribution in [0.4, 0.5) is 0 Å². The molecule has 0 atom stereocenters. The Morgan fingerprint density at radius 2 is 1.79 bits per heavy atom. The summed E-state index contributed by atoms with van der Waals surface area (Å²) in [6.45, 7) is 6.01. The zero-order valence-corrected chi connectivity index (χ0v) is 9.34. The van der Waals surface area contributed by atoms with Crippen molar-refractivity contribution in [2.24, 2.45) is 0 Å². The third-order valence-corrected chi connectivity index (χ3v) is 2.45. The molecule has 1 aromatic carbocycles. The second-order valence-corrected chi connectivity index (χ2v) is 4.73. The van der Waals surface area contributed by atoms with Crippen LogP contribution in [-0.4, -0.2) is 17.2 Å². The second kappa shape index (κ2) is 3.93. The molecule has 14 heavy (non-hydrogen) atoms. The molecule has 0 bridgehead atoms. The summed E-state index contributed by atoms with van der Waals surface area (Å²) >= 11 is 5.91. The predicted molar refractivity (Wildman–Crippen MR) is 60.0 cm³/mol. The Balaban J connectivity index is 3.36. The normalized spacial score (nSPS) is 11.6. The van der Waals surface area contributed by atoms with Gasteiger partial charge in [-0.15, -0.1) is 0 Å². The van der Waals surface area contributed by atoms with Crippen molar-refractivity contribution in [1.29, 1.82) is 0 Å². The quantitative estimate of drug-likeness (QED) is 0.689. The van der Waals surface area contributed by atoms with Gasteiger partial charge < -0.3 is 10.0 Å². The summed E-state index contributed by atoms with van der Waals surface area (Å²) in [4.78, 5) is 0. The molecule has 0 saturated heterocycles. The molecular weight excluding hydrogens is 198 g/mol. The summed E-state index contributed by atoms with van der Waals surface area (Å²) in [6.07, 6.45) is 0. The minimum absolute atomic E-state index is 0.149. The van der Waals surface area contributed by atoms with Gasteiger partial charge in [-0.3, -0.25) is 0 Å². The lowest BCUT2D eigenvalue weighted by atomic mass is 9.70. The van der Waals surface area contributed by atoms with Crippen LogP contribution >= 0.6 is 11.6 Å². The van der Waals surface area contributed by atoms with Crippen molar-refractivity contribution in [3.05, 3.63) is 28.8 Å². The van der Waals surface area contributed by atoms with E-state index in [9.17, 15) is 10.0 Å². The molecule has 0 aliphatic carbocycles. The van der Waals surface area contributed by atoms with Crippen molar-refractivity contribution >= 4 is 24.2 Å². The SMILES string of the molecule is CC(C)(C)c1cccc(Cl)c1B(O)O. The largest absolute Gasteiger partial charge is 0.490 e. The topological polar surface area (TPSA) is 40.5 Å². The molecule has 1 rings (SSSR count). The van der Waals surface area contributed by atoms with Gasteiger partial charge in [-0.25, -0.2) is 0 Å². The average molecular weight is 212 g/mol. The molecule has 0 aromatic heterocycles. The van der Waals surface area contributed by atoms with E-state index in [0.29, 0.717) is 10.5 Å². The molecule has 0 spiro atoms. The van der Waals surface area contributed by atoms with Crippen molar-refractivity contribution in [3.63, 3.8) is 0 Å². The maximum absolute atomic E-state index is 9.22. The molecule has 2 nitrogen and oxygen atoms in total. The summed E-state index contributed by atoms with van der Waals surface area (Å²) in [5.41, 5.74) is 1.12. The molecule has 2 N–H and O–H groups in total. The van der Waals surface area contributed by atoms with Crippen molar-refractivity contribution in [2.45, 2.75) is 26.2 Å². The summed E-state index contributed by atoms with van der Waals surface area (Å²) < 4.78 is 0. The zero-order valence-electron chi connectivity index (χ0n) is 8.58. The van der Waals surface area contributed by atoms with E-state index in [-0.39, 0.29) is 5.41 Å². The Kier molecular flexibility index (Phi) is 3.25. The number of hydrogen-bond acceptors (Lipinski definition) is 2. The molecule has 0 radical (unpaired) electrons. The van der Waals surface area contributed by atoms with Crippen LogP contribution in [0.2, 0.25) is 5.02 Å². The molecule has 0 aliphatic rings. The van der Waals surface area contributed by atoms with Crippen LogP contribution in [0.1, 0.15) is 26.3 Å². The van der Waals surface area contributed by atoms with Gasteiger partial charge in [0, 0.05) is 10.5 Å². The Hall–Kier alpha value is -0.505. The molecule has 4 heteroatoms. The highest BCUT2D eigenvalue weighted by molar-refractivity contribution is 6.63.